The van der Waals surface area contributed by atoms with E-state index in [0.717, 1.165) is 55.5 Å². The number of nitrogens with zero attached hydrogens (tertiary/aromatic N) is 2. The Bertz CT molecular complexity index is 1460. The molecule has 0 atom stereocenters. The summed E-state index contributed by atoms with van der Waals surface area (Å²) in [6.07, 6.45) is 1.87. The number of halogens is 1. The predicted molar refractivity (Wildman–Crippen MR) is 122 cm³/mol. The van der Waals surface area contributed by atoms with E-state index in [-0.39, 0.29) is 0 Å². The molecule has 5 aromatic rings. The van der Waals surface area contributed by atoms with Crippen molar-refractivity contribution in [3.63, 3.8) is 0 Å². The summed E-state index contributed by atoms with van der Waals surface area (Å²) >= 11 is 6.32. The first-order valence-electron chi connectivity index (χ1n) is 9.89. The van der Waals surface area contributed by atoms with Crippen LogP contribution >= 0.6 is 11.6 Å². The van der Waals surface area contributed by atoms with Gasteiger partial charge in [-0.25, -0.2) is 4.98 Å². The standard InChI is InChI=1S/C26H17ClN2O/c1-15-6-8-16(9-7-15)24-20-14-30-23-11-10-17(27)12-19(23)26(20)29-22-13-28-21-5-3-2-4-18(21)25(22)24/h2-13H,14H2,1H3. The van der Waals surface area contributed by atoms with Gasteiger partial charge in [0.25, 0.3) is 0 Å². The van der Waals surface area contributed by atoms with Crippen molar-refractivity contribution in [1.29, 1.82) is 0 Å². The molecule has 0 N–H and O–H groups in total. The number of para-hydroxylation sites is 1. The van der Waals surface area contributed by atoms with Crippen LogP contribution in [0.2, 0.25) is 5.02 Å². The minimum absolute atomic E-state index is 0.465. The second-order valence-corrected chi connectivity index (χ2v) is 8.08. The first-order valence-corrected chi connectivity index (χ1v) is 10.3. The Morgan fingerprint density at radius 3 is 2.63 bits per heavy atom. The van der Waals surface area contributed by atoms with E-state index in [2.05, 4.69) is 42.2 Å². The fourth-order valence-electron chi connectivity index (χ4n) is 4.30. The Balaban J connectivity index is 1.80. The number of aromatic nitrogens is 2. The van der Waals surface area contributed by atoms with E-state index >= 15 is 0 Å². The van der Waals surface area contributed by atoms with Crippen molar-refractivity contribution in [3.8, 4) is 28.1 Å². The van der Waals surface area contributed by atoms with Gasteiger partial charge in [-0.05, 0) is 36.8 Å². The van der Waals surface area contributed by atoms with Crippen LogP contribution in [0.1, 0.15) is 11.1 Å². The summed E-state index contributed by atoms with van der Waals surface area (Å²) in [5, 5.41) is 2.87. The lowest BCUT2D eigenvalue weighted by atomic mass is 9.89. The number of ether oxygens (including phenoxy) is 1. The van der Waals surface area contributed by atoms with E-state index in [1.807, 2.05) is 42.6 Å². The first kappa shape index (κ1) is 17.4. The quantitative estimate of drug-likeness (QED) is 0.281. The lowest BCUT2D eigenvalue weighted by Crippen LogP contribution is -2.10. The van der Waals surface area contributed by atoms with Gasteiger partial charge in [0.1, 0.15) is 12.4 Å². The third-order valence-electron chi connectivity index (χ3n) is 5.73. The third kappa shape index (κ3) is 2.59. The number of hydrogen-bond acceptors (Lipinski definition) is 3. The van der Waals surface area contributed by atoms with Crippen molar-refractivity contribution in [2.45, 2.75) is 13.5 Å². The molecule has 2 aromatic heterocycles. The van der Waals surface area contributed by atoms with Gasteiger partial charge in [-0.15, -0.1) is 0 Å². The van der Waals surface area contributed by atoms with Crippen molar-refractivity contribution in [3.05, 3.63) is 89.1 Å². The largest absolute Gasteiger partial charge is 0.488 e. The van der Waals surface area contributed by atoms with Crippen LogP contribution < -0.4 is 4.74 Å². The van der Waals surface area contributed by atoms with Crippen molar-refractivity contribution in [1.82, 2.24) is 9.97 Å². The fraction of sp³-hybridized carbons (Fsp3) is 0.0769. The van der Waals surface area contributed by atoms with Gasteiger partial charge in [0.2, 0.25) is 0 Å². The van der Waals surface area contributed by atoms with Crippen molar-refractivity contribution < 1.29 is 4.74 Å². The molecule has 0 aliphatic carbocycles. The molecule has 3 nitrogen and oxygen atoms in total. The highest BCUT2D eigenvalue weighted by molar-refractivity contribution is 6.31. The summed E-state index contributed by atoms with van der Waals surface area (Å²) in [5.74, 6) is 0.808. The summed E-state index contributed by atoms with van der Waals surface area (Å²) in [5.41, 5.74) is 8.28. The molecule has 1 aliphatic heterocycles. The minimum Gasteiger partial charge on any atom is -0.488 e. The lowest BCUT2D eigenvalue weighted by Gasteiger charge is -2.24. The number of rotatable bonds is 1. The topological polar surface area (TPSA) is 35.0 Å². The van der Waals surface area contributed by atoms with Crippen LogP contribution in [0.15, 0.2) is 72.9 Å². The van der Waals surface area contributed by atoms with Gasteiger partial charge < -0.3 is 4.74 Å². The highest BCUT2D eigenvalue weighted by Gasteiger charge is 2.25. The number of hydrogen-bond donors (Lipinski definition) is 0. The molecule has 30 heavy (non-hydrogen) atoms. The average Bonchev–Trinajstić information content (AvgIpc) is 2.78. The van der Waals surface area contributed by atoms with Gasteiger partial charge in [0.05, 0.1) is 22.9 Å². The molecule has 0 amide bonds. The molecule has 0 spiro atoms. The second kappa shape index (κ2) is 6.54. The molecule has 0 unspecified atom stereocenters. The van der Waals surface area contributed by atoms with E-state index in [9.17, 15) is 0 Å². The van der Waals surface area contributed by atoms with Gasteiger partial charge in [0, 0.05) is 32.5 Å². The summed E-state index contributed by atoms with van der Waals surface area (Å²) in [7, 11) is 0. The summed E-state index contributed by atoms with van der Waals surface area (Å²) in [6.45, 7) is 2.57. The van der Waals surface area contributed by atoms with Crippen LogP contribution in [0.5, 0.6) is 5.75 Å². The van der Waals surface area contributed by atoms with Gasteiger partial charge >= 0.3 is 0 Å². The van der Waals surface area contributed by atoms with E-state index in [4.69, 9.17) is 21.3 Å². The number of aryl methyl sites for hydroxylation is 1. The highest BCUT2D eigenvalue weighted by Crippen LogP contribution is 2.45. The van der Waals surface area contributed by atoms with Crippen LogP contribution in [0.25, 0.3) is 44.2 Å². The van der Waals surface area contributed by atoms with Gasteiger partial charge in [-0.3, -0.25) is 4.98 Å². The first-order chi connectivity index (χ1) is 14.7. The summed E-state index contributed by atoms with van der Waals surface area (Å²) < 4.78 is 6.14. The number of benzene rings is 3. The van der Waals surface area contributed by atoms with Crippen LogP contribution in [-0.4, -0.2) is 9.97 Å². The van der Waals surface area contributed by atoms with E-state index in [1.54, 1.807) is 0 Å². The third-order valence-corrected chi connectivity index (χ3v) is 5.97. The van der Waals surface area contributed by atoms with Crippen LogP contribution in [0.4, 0.5) is 0 Å². The van der Waals surface area contributed by atoms with Crippen molar-refractivity contribution in [2.75, 3.05) is 0 Å². The molecular weight excluding hydrogens is 392 g/mol. The van der Waals surface area contributed by atoms with Gasteiger partial charge in [0.15, 0.2) is 0 Å². The molecule has 4 heteroatoms. The van der Waals surface area contributed by atoms with Crippen LogP contribution in [0.3, 0.4) is 0 Å². The zero-order chi connectivity index (χ0) is 20.2. The minimum atomic E-state index is 0.465. The fourth-order valence-corrected chi connectivity index (χ4v) is 4.47. The summed E-state index contributed by atoms with van der Waals surface area (Å²) in [4.78, 5) is 9.71. The Kier molecular flexibility index (Phi) is 3.80. The maximum absolute atomic E-state index is 6.32. The zero-order valence-electron chi connectivity index (χ0n) is 16.3. The molecule has 3 heterocycles. The van der Waals surface area contributed by atoms with Gasteiger partial charge in [-0.2, -0.15) is 0 Å². The Hall–Kier alpha value is -3.43. The molecule has 144 valence electrons. The highest BCUT2D eigenvalue weighted by atomic mass is 35.5. The smallest absolute Gasteiger partial charge is 0.129 e. The molecule has 0 saturated carbocycles. The SMILES string of the molecule is Cc1ccc(-c2c3c(nc4cnc5ccccc5c24)-c2cc(Cl)ccc2OC3)cc1. The molecule has 3 aromatic carbocycles. The number of pyridine rings is 2. The maximum Gasteiger partial charge on any atom is 0.129 e. The van der Waals surface area contributed by atoms with Crippen molar-refractivity contribution in [2.24, 2.45) is 0 Å². The molecule has 0 saturated heterocycles. The van der Waals surface area contributed by atoms with Crippen molar-refractivity contribution >= 4 is 33.4 Å². The Morgan fingerprint density at radius 2 is 1.77 bits per heavy atom. The molecule has 0 fully saturated rings. The molecule has 0 radical (unpaired) electrons. The molecule has 1 aliphatic rings. The number of fused-ring (bicyclic) bond motifs is 6. The predicted octanol–water partition coefficient (Wildman–Crippen LogP) is 6.97. The normalized spacial score (nSPS) is 12.5. The monoisotopic (exact) mass is 408 g/mol. The van der Waals surface area contributed by atoms with Crippen LogP contribution in [0, 0.1) is 6.92 Å². The Labute approximate surface area is 178 Å². The Morgan fingerprint density at radius 1 is 0.933 bits per heavy atom. The molecule has 0 bridgehead atoms. The lowest BCUT2D eigenvalue weighted by molar-refractivity contribution is 0.302. The molecule has 6 rings (SSSR count). The second-order valence-electron chi connectivity index (χ2n) is 7.64. The van der Waals surface area contributed by atoms with Crippen LogP contribution in [-0.2, 0) is 6.61 Å². The van der Waals surface area contributed by atoms with E-state index in [1.165, 1.54) is 5.56 Å². The summed E-state index contributed by atoms with van der Waals surface area (Å²) in [6, 6.07) is 22.6. The van der Waals surface area contributed by atoms with Gasteiger partial charge in [-0.1, -0.05) is 59.6 Å². The molecular formula is C26H17ClN2O. The zero-order valence-corrected chi connectivity index (χ0v) is 17.1. The van der Waals surface area contributed by atoms with E-state index in [0.29, 0.717) is 11.6 Å². The van der Waals surface area contributed by atoms with E-state index < -0.39 is 0 Å². The average molecular weight is 409 g/mol. The maximum atomic E-state index is 6.32.